The summed E-state index contributed by atoms with van der Waals surface area (Å²) in [6, 6.07) is 29.8. The number of halogens is 2. The van der Waals surface area contributed by atoms with Crippen LogP contribution < -0.4 is 27.0 Å². The second-order valence-electron chi connectivity index (χ2n) is 27.1. The molecule has 0 spiro atoms. The molecule has 28 heteroatoms. The zero-order chi connectivity index (χ0) is 73.3. The number of likely N-dealkylation sites (tertiary alicyclic amines) is 2. The van der Waals surface area contributed by atoms with E-state index >= 15 is 4.79 Å². The summed E-state index contributed by atoms with van der Waals surface area (Å²) in [5.74, 6) is -5.10. The molecular formula is C75H86F2N11O13PS. The largest absolute Gasteiger partial charge is 0.399 e. The van der Waals surface area contributed by atoms with E-state index in [0.29, 0.717) is 57.1 Å². The maximum atomic E-state index is 15.2. The van der Waals surface area contributed by atoms with Gasteiger partial charge in [-0.15, -0.1) is 11.3 Å². The first-order valence-corrected chi connectivity index (χ1v) is 37.5. The Bertz CT molecular complexity index is 4250. The van der Waals surface area contributed by atoms with Gasteiger partial charge in [-0.25, -0.2) is 4.98 Å². The molecule has 5 aromatic carbocycles. The van der Waals surface area contributed by atoms with Gasteiger partial charge >= 0.3 is 13.3 Å². The molecule has 0 aliphatic carbocycles. The van der Waals surface area contributed by atoms with Crippen molar-refractivity contribution in [3.8, 4) is 10.4 Å². The summed E-state index contributed by atoms with van der Waals surface area (Å²) >= 11 is 1.55. The molecule has 4 aliphatic rings. The third-order valence-electron chi connectivity index (χ3n) is 20.1. The molecule has 4 fully saturated rings. The zero-order valence-electron chi connectivity index (χ0n) is 57.3. The van der Waals surface area contributed by atoms with Crippen molar-refractivity contribution >= 4 is 83.0 Å². The number of carbonyl (C=O) groups is 9. The molecule has 2 unspecified atom stereocenters. The number of benzene rings is 5. The van der Waals surface area contributed by atoms with E-state index in [1.807, 2.05) is 111 Å². The van der Waals surface area contributed by atoms with E-state index < -0.39 is 109 Å². The highest BCUT2D eigenvalue weighted by atomic mass is 32.1. The van der Waals surface area contributed by atoms with Crippen molar-refractivity contribution in [3.63, 3.8) is 0 Å². The number of nitrogens with zero attached hydrogens (tertiary/aromatic N) is 5. The van der Waals surface area contributed by atoms with Crippen LogP contribution in [0.2, 0.25) is 0 Å². The summed E-state index contributed by atoms with van der Waals surface area (Å²) in [7, 11) is -5.95. The molecule has 24 nitrogen and oxygen atoms in total. The molecule has 4 saturated heterocycles. The fraction of sp³-hybridized carbons (Fsp3) is 0.413. The number of unbranched alkanes of at least 4 members (excludes halogenated alkanes) is 3. The average molecular weight is 1450 g/mol. The lowest BCUT2D eigenvalue weighted by atomic mass is 9.98. The molecular weight excluding hydrogens is 1360 g/mol. The van der Waals surface area contributed by atoms with Gasteiger partial charge in [0.2, 0.25) is 41.4 Å². The fourth-order valence-electron chi connectivity index (χ4n) is 14.5. The molecule has 2 aromatic heterocycles. The first-order valence-electron chi connectivity index (χ1n) is 35.0. The molecule has 10 N–H and O–H groups in total. The van der Waals surface area contributed by atoms with Crippen molar-refractivity contribution in [3.05, 3.63) is 184 Å². The molecule has 0 radical (unpaired) electrons. The van der Waals surface area contributed by atoms with Gasteiger partial charge in [-0.3, -0.25) is 47.7 Å². The van der Waals surface area contributed by atoms with Crippen molar-refractivity contribution < 1.29 is 71.4 Å². The summed E-state index contributed by atoms with van der Waals surface area (Å²) in [6.07, 6.45) is 4.58. The van der Waals surface area contributed by atoms with Crippen LogP contribution in [0.3, 0.4) is 0 Å². The maximum Gasteiger partial charge on any atom is 0.399 e. The number of H-pyrrole nitrogens is 1. The van der Waals surface area contributed by atoms with Crippen LogP contribution in [0.5, 0.6) is 0 Å². The molecule has 4 aliphatic heterocycles. The number of fused-ring (bicyclic) bond motifs is 2. The molecule has 0 saturated carbocycles. The van der Waals surface area contributed by atoms with E-state index in [4.69, 9.17) is 5.73 Å². The molecule has 0 bridgehead atoms. The Balaban J connectivity index is 0.707. The van der Waals surface area contributed by atoms with E-state index in [-0.39, 0.29) is 92.5 Å². The van der Waals surface area contributed by atoms with E-state index in [1.54, 1.807) is 33.9 Å². The van der Waals surface area contributed by atoms with E-state index in [9.17, 15) is 66.6 Å². The van der Waals surface area contributed by atoms with Gasteiger partial charge in [0.1, 0.15) is 35.9 Å². The standard InChI is InChI=1S/C75H86F2N11O13PS/c1-45(48-26-28-51(29-27-48)67-46(2)79-44-103-67)80-71(95)66-62(89)37-40-87(66)74(98)61-20-13-14-38-86(61)72(96)52-24-22-47(23-25-52)15-7-3-4-12-21-64(91)85-39-36-55-31-34-60(70(94)82-57(33-35-63(78)90)68(92)84-65(49-16-8-5-9-17-49)50-18-10-6-11-19-50)88(55)73(97)59(43-85)83-69(93)58-42-53-41-54(30-32-56(53)81-58)75(76,77)102(99,100)101/h5-6,8-11,16-19,22-30,32,41-42,44-45,55,57,59-62,65-66,81,89H,3-4,7,12-15,20-21,31,33-40,43H2,1-2H3,(H2,78,90)(H,80,95)(H,82,94)(H,83,93)(H,84,92)(H2,99,100,101)/t45-,55+,57?,59-,60-,61?,62-,66-/m0/s1. The van der Waals surface area contributed by atoms with Crippen molar-refractivity contribution in [2.45, 2.75) is 170 Å². The number of piperidine rings is 1. The number of nitrogens with one attached hydrogen (secondary N) is 5. The minimum atomic E-state index is -5.95. The second kappa shape index (κ2) is 32.8. The number of primary amides is 1. The van der Waals surface area contributed by atoms with Crippen LogP contribution in [0.15, 0.2) is 139 Å². The number of aliphatic hydroxyl groups excluding tert-OH is 1. The van der Waals surface area contributed by atoms with Crippen LogP contribution >= 0.6 is 18.9 Å². The quantitative estimate of drug-likeness (QED) is 0.0182. The van der Waals surface area contributed by atoms with Gasteiger partial charge in [-0.2, -0.15) is 8.78 Å². The molecule has 7 aromatic rings. The Morgan fingerprint density at radius 2 is 1.44 bits per heavy atom. The summed E-state index contributed by atoms with van der Waals surface area (Å²) in [6.45, 7) is 4.12. The molecule has 6 heterocycles. The molecule has 11 rings (SSSR count). The van der Waals surface area contributed by atoms with Gasteiger partial charge in [0.25, 0.3) is 11.8 Å². The zero-order valence-corrected chi connectivity index (χ0v) is 59.0. The molecule has 103 heavy (non-hydrogen) atoms. The van der Waals surface area contributed by atoms with Gasteiger partial charge in [0.15, 0.2) is 0 Å². The van der Waals surface area contributed by atoms with E-state index in [2.05, 4.69) is 31.2 Å². The Morgan fingerprint density at radius 3 is 2.11 bits per heavy atom. The number of aromatic nitrogens is 2. The van der Waals surface area contributed by atoms with Crippen LogP contribution in [0.25, 0.3) is 21.3 Å². The number of hydrogen-bond acceptors (Lipinski definition) is 13. The van der Waals surface area contributed by atoms with Gasteiger partial charge < -0.3 is 66.5 Å². The topological polar surface area (TPSA) is 347 Å². The van der Waals surface area contributed by atoms with Crippen LogP contribution in [0, 0.1) is 6.92 Å². The predicted molar refractivity (Wildman–Crippen MR) is 380 cm³/mol. The van der Waals surface area contributed by atoms with Crippen LogP contribution in [-0.2, 0) is 50.2 Å². The monoisotopic (exact) mass is 1450 g/mol. The number of amides is 9. The van der Waals surface area contributed by atoms with Crippen LogP contribution in [0.4, 0.5) is 8.78 Å². The third kappa shape index (κ3) is 17.4. The highest BCUT2D eigenvalue weighted by Crippen LogP contribution is 2.59. The van der Waals surface area contributed by atoms with Crippen molar-refractivity contribution in [1.82, 2.24) is 50.8 Å². The van der Waals surface area contributed by atoms with Gasteiger partial charge in [0, 0.05) is 67.1 Å². The predicted octanol–water partition coefficient (Wildman–Crippen LogP) is 8.20. The van der Waals surface area contributed by atoms with Crippen molar-refractivity contribution in [2.75, 3.05) is 26.2 Å². The minimum Gasteiger partial charge on any atom is -0.390 e. The number of aliphatic hydroxyl groups is 1. The second-order valence-corrected chi connectivity index (χ2v) is 29.6. The van der Waals surface area contributed by atoms with E-state index in [0.717, 1.165) is 69.4 Å². The normalized spacial score (nSPS) is 20.0. The number of carbonyl (C=O) groups excluding carboxylic acids is 9. The number of hydrogen-bond donors (Lipinski definition) is 9. The lowest BCUT2D eigenvalue weighted by Gasteiger charge is -2.39. The number of thiazole rings is 1. The van der Waals surface area contributed by atoms with Crippen LogP contribution in [0.1, 0.15) is 163 Å². The lowest BCUT2D eigenvalue weighted by Crippen LogP contribution is -2.62. The SMILES string of the molecule is Cc1ncsc1-c1ccc([C@H](C)NC(=O)[C@@H]2[C@@H](O)CCN2C(=O)C2CCCCN2C(=O)c2ccc(CCCCCCC(=O)N3CC[C@H]4CC[C@@H](C(=O)NC(CCC(N)=O)C(=O)NC(c5ccccc5)c5ccccc5)N4C(=O)[C@@H](NC(=O)c4cc5cc(C(F)(F)P(=O)(O)O)ccc5[nH]4)C3)cc2)cc1. The van der Waals surface area contributed by atoms with Gasteiger partial charge in [-0.1, -0.05) is 116 Å². The molecule has 544 valence electrons. The number of alkyl halides is 2. The van der Waals surface area contributed by atoms with Crippen LogP contribution in [-0.4, -0.2) is 166 Å². The summed E-state index contributed by atoms with van der Waals surface area (Å²) < 4.78 is 41.4. The van der Waals surface area contributed by atoms with E-state index in [1.165, 1.54) is 20.8 Å². The number of aromatic amines is 1. The molecule has 8 atom stereocenters. The Kier molecular flexibility index (Phi) is 23.8. The number of nitrogens with two attached hydrogens (primary N) is 1. The Labute approximate surface area is 598 Å². The summed E-state index contributed by atoms with van der Waals surface area (Å²) in [5.41, 5.74) is 7.43. The highest BCUT2D eigenvalue weighted by Gasteiger charge is 2.51. The first kappa shape index (κ1) is 74.7. The lowest BCUT2D eigenvalue weighted by molar-refractivity contribution is -0.145. The molecule has 9 amide bonds. The van der Waals surface area contributed by atoms with Gasteiger partial charge in [-0.05, 0) is 143 Å². The first-order chi connectivity index (χ1) is 49.3. The Hall–Kier alpha value is -9.53. The summed E-state index contributed by atoms with van der Waals surface area (Å²) in [5, 5.41) is 22.7. The number of rotatable bonds is 26. The maximum absolute atomic E-state index is 15.2. The van der Waals surface area contributed by atoms with Crippen molar-refractivity contribution in [2.24, 2.45) is 5.73 Å². The third-order valence-corrected chi connectivity index (χ3v) is 22.1. The Morgan fingerprint density at radius 1 is 0.738 bits per heavy atom. The highest BCUT2D eigenvalue weighted by molar-refractivity contribution is 7.52. The van der Waals surface area contributed by atoms with Crippen molar-refractivity contribution in [1.29, 1.82) is 0 Å². The summed E-state index contributed by atoms with van der Waals surface area (Å²) in [4.78, 5) is 160. The van der Waals surface area contributed by atoms with Gasteiger partial charge in [0.05, 0.1) is 34.3 Å². The minimum absolute atomic E-state index is 0.00302. The number of aryl methyl sites for hydroxylation is 2. The fourth-order valence-corrected chi connectivity index (χ4v) is 15.8. The smallest absolute Gasteiger partial charge is 0.390 e. The average Bonchev–Trinajstić information content (AvgIpc) is 1.74.